The van der Waals surface area contributed by atoms with E-state index in [1.165, 1.54) is 0 Å². The topological polar surface area (TPSA) is 52.9 Å². The van der Waals surface area contributed by atoms with Crippen LogP contribution >= 0.6 is 0 Å². The van der Waals surface area contributed by atoms with E-state index >= 15 is 0 Å². The fourth-order valence-electron chi connectivity index (χ4n) is 1.28. The summed E-state index contributed by atoms with van der Waals surface area (Å²) < 4.78 is 0. The molecular weight excluding hydrogens is 167 g/mol. The first-order valence-electron chi connectivity index (χ1n) is 3.87. The average Bonchev–Trinajstić information content (AvgIpc) is 2.19. The minimum Gasteiger partial charge on any atom is -0.427 e. The molecule has 0 aliphatic carbocycles. The van der Waals surface area contributed by atoms with Crippen LogP contribution in [-0.2, 0) is 4.79 Å². The summed E-state index contributed by atoms with van der Waals surface area (Å²) in [6.45, 7) is 0. The van der Waals surface area contributed by atoms with Crippen LogP contribution in [0.2, 0.25) is 0 Å². The highest BCUT2D eigenvalue weighted by molar-refractivity contribution is 6.67. The van der Waals surface area contributed by atoms with Gasteiger partial charge in [0.15, 0.2) is 0 Å². The number of rotatable bonds is 1. The summed E-state index contributed by atoms with van der Waals surface area (Å²) in [4.78, 5) is 11.4. The molecule has 4 nitrogen and oxygen atoms in total. The second-order valence-electron chi connectivity index (χ2n) is 2.73. The van der Waals surface area contributed by atoms with E-state index in [1.807, 2.05) is 18.2 Å². The quantitative estimate of drug-likeness (QED) is 0.446. The third-order valence-electron chi connectivity index (χ3n) is 1.96. The molecule has 0 spiro atoms. The number of amides is 1. The first kappa shape index (κ1) is 8.00. The third kappa shape index (κ3) is 1.23. The molecule has 0 unspecified atom stereocenters. The predicted molar refractivity (Wildman–Crippen MR) is 49.5 cm³/mol. The normalized spacial score (nSPS) is 14.2. The Labute approximate surface area is 75.6 Å². The molecule has 64 valence electrons. The Morgan fingerprint density at radius 1 is 1.46 bits per heavy atom. The Morgan fingerprint density at radius 3 is 3.00 bits per heavy atom. The van der Waals surface area contributed by atoms with E-state index in [9.17, 15) is 9.82 Å². The molecule has 0 saturated heterocycles. The van der Waals surface area contributed by atoms with E-state index in [0.29, 0.717) is 11.9 Å². The van der Waals surface area contributed by atoms with Crippen molar-refractivity contribution in [3.63, 3.8) is 0 Å². The number of hydrazone groups is 1. The second kappa shape index (κ2) is 3.03. The van der Waals surface area contributed by atoms with E-state index < -0.39 is 7.05 Å². The molecule has 1 aliphatic rings. The van der Waals surface area contributed by atoms with Crippen molar-refractivity contribution in [1.29, 1.82) is 0 Å². The van der Waals surface area contributed by atoms with E-state index in [0.717, 1.165) is 10.5 Å². The van der Waals surface area contributed by atoms with E-state index in [2.05, 4.69) is 5.10 Å². The molecule has 5 heteroatoms. The predicted octanol–water partition coefficient (Wildman–Crippen LogP) is -0.820. The van der Waals surface area contributed by atoms with Gasteiger partial charge in [0.25, 0.3) is 0 Å². The fraction of sp³-hybridized carbons (Fsp3) is 0. The van der Waals surface area contributed by atoms with Gasteiger partial charge in [-0.1, -0.05) is 24.3 Å². The van der Waals surface area contributed by atoms with Gasteiger partial charge >= 0.3 is 7.05 Å². The highest BCUT2D eigenvalue weighted by Gasteiger charge is 2.27. The first-order valence-corrected chi connectivity index (χ1v) is 3.87. The molecule has 0 radical (unpaired) electrons. The summed E-state index contributed by atoms with van der Waals surface area (Å²) in [5, 5.41) is 13.4. The molecule has 1 amide bonds. The Kier molecular flexibility index (Phi) is 1.86. The largest absolute Gasteiger partial charge is 0.474 e. The molecule has 2 rings (SSSR count). The average molecular weight is 174 g/mol. The monoisotopic (exact) mass is 174 g/mol. The lowest BCUT2D eigenvalue weighted by Crippen LogP contribution is -2.49. The number of fused-ring (bicyclic) bond motifs is 1. The summed E-state index contributed by atoms with van der Waals surface area (Å²) in [5.74, 6) is 0. The van der Waals surface area contributed by atoms with Crippen LogP contribution in [0.25, 0.3) is 0 Å². The van der Waals surface area contributed by atoms with Crippen molar-refractivity contribution in [3.8, 4) is 0 Å². The van der Waals surface area contributed by atoms with Crippen LogP contribution in [0.5, 0.6) is 0 Å². The van der Waals surface area contributed by atoms with Crippen molar-refractivity contribution < 1.29 is 9.82 Å². The van der Waals surface area contributed by atoms with Crippen molar-refractivity contribution in [2.24, 2.45) is 5.10 Å². The van der Waals surface area contributed by atoms with Crippen molar-refractivity contribution in [2.75, 3.05) is 0 Å². The van der Waals surface area contributed by atoms with Crippen LogP contribution < -0.4 is 5.46 Å². The molecule has 1 N–H and O–H groups in total. The Balaban J connectivity index is 2.48. The van der Waals surface area contributed by atoms with Gasteiger partial charge in [-0.25, -0.2) is 4.92 Å². The van der Waals surface area contributed by atoms with Crippen molar-refractivity contribution in [1.82, 2.24) is 4.92 Å². The smallest absolute Gasteiger partial charge is 0.427 e. The summed E-state index contributed by atoms with van der Waals surface area (Å²) in [6.07, 6.45) is 2.05. The number of benzene rings is 1. The SMILES string of the molecule is O=CN1N=Cc2ccccc2B1O. The van der Waals surface area contributed by atoms with Gasteiger partial charge < -0.3 is 5.02 Å². The molecule has 0 fully saturated rings. The van der Waals surface area contributed by atoms with Crippen LogP contribution in [0, 0.1) is 0 Å². The zero-order valence-corrected chi connectivity index (χ0v) is 6.79. The van der Waals surface area contributed by atoms with Gasteiger partial charge in [0.2, 0.25) is 6.41 Å². The minimum absolute atomic E-state index is 0.497. The highest BCUT2D eigenvalue weighted by atomic mass is 16.2. The maximum atomic E-state index is 10.4. The molecule has 1 aliphatic heterocycles. The van der Waals surface area contributed by atoms with E-state index in [4.69, 9.17) is 0 Å². The number of hydrogen-bond acceptors (Lipinski definition) is 3. The molecule has 0 atom stereocenters. The number of carbonyl (C=O) groups is 1. The van der Waals surface area contributed by atoms with Gasteiger partial charge in [-0.3, -0.25) is 4.79 Å². The van der Waals surface area contributed by atoms with Crippen LogP contribution in [-0.4, -0.2) is 29.6 Å². The van der Waals surface area contributed by atoms with Crippen molar-refractivity contribution in [3.05, 3.63) is 29.8 Å². The maximum absolute atomic E-state index is 10.4. The number of nitrogens with zero attached hydrogens (tertiary/aromatic N) is 2. The van der Waals surface area contributed by atoms with Gasteiger partial charge in [0.1, 0.15) is 0 Å². The zero-order valence-electron chi connectivity index (χ0n) is 6.79. The van der Waals surface area contributed by atoms with Crippen molar-refractivity contribution >= 4 is 25.1 Å². The lowest BCUT2D eigenvalue weighted by Gasteiger charge is -2.20. The molecule has 0 bridgehead atoms. The molecule has 1 aromatic rings. The minimum atomic E-state index is -0.960. The maximum Gasteiger partial charge on any atom is 0.474 e. The van der Waals surface area contributed by atoms with E-state index in [-0.39, 0.29) is 0 Å². The third-order valence-corrected chi connectivity index (χ3v) is 1.96. The van der Waals surface area contributed by atoms with E-state index in [1.54, 1.807) is 12.3 Å². The lowest BCUT2D eigenvalue weighted by molar-refractivity contribution is -0.114. The van der Waals surface area contributed by atoms with Gasteiger partial charge in [0, 0.05) is 0 Å². The first-order chi connectivity index (χ1) is 6.33. The number of hydrogen-bond donors (Lipinski definition) is 1. The fourth-order valence-corrected chi connectivity index (χ4v) is 1.28. The standard InChI is InChI=1S/C8H7BN2O2/c12-6-11-9(13)8-4-2-1-3-7(8)5-10-11/h1-6,13H. The van der Waals surface area contributed by atoms with Gasteiger partial charge in [-0.05, 0) is 11.0 Å². The molecular formula is C8H7BN2O2. The van der Waals surface area contributed by atoms with Crippen LogP contribution in [0.4, 0.5) is 0 Å². The lowest BCUT2D eigenvalue weighted by atomic mass is 9.70. The Morgan fingerprint density at radius 2 is 2.23 bits per heavy atom. The summed E-state index contributed by atoms with van der Waals surface area (Å²) >= 11 is 0. The Hall–Kier alpha value is -1.62. The summed E-state index contributed by atoms with van der Waals surface area (Å²) in [5.41, 5.74) is 1.54. The summed E-state index contributed by atoms with van der Waals surface area (Å²) in [6, 6.07) is 7.27. The molecule has 0 aromatic heterocycles. The highest BCUT2D eigenvalue weighted by Crippen LogP contribution is 2.02. The molecule has 13 heavy (non-hydrogen) atoms. The van der Waals surface area contributed by atoms with Crippen molar-refractivity contribution in [2.45, 2.75) is 0 Å². The van der Waals surface area contributed by atoms with Gasteiger partial charge in [-0.2, -0.15) is 5.10 Å². The zero-order chi connectivity index (χ0) is 9.26. The van der Waals surface area contributed by atoms with Gasteiger partial charge in [0.05, 0.1) is 6.21 Å². The molecule has 0 saturated carbocycles. The summed E-state index contributed by atoms with van der Waals surface area (Å²) in [7, 11) is -0.960. The van der Waals surface area contributed by atoms with Crippen LogP contribution in [0.15, 0.2) is 29.4 Å². The van der Waals surface area contributed by atoms with Crippen LogP contribution in [0.1, 0.15) is 5.56 Å². The second-order valence-corrected chi connectivity index (χ2v) is 2.73. The molecule has 1 aromatic carbocycles. The molecule has 1 heterocycles. The number of carbonyl (C=O) groups excluding carboxylic acids is 1. The van der Waals surface area contributed by atoms with Gasteiger partial charge in [-0.15, -0.1) is 0 Å². The Bertz CT molecular complexity index is 367. The van der Waals surface area contributed by atoms with Crippen LogP contribution in [0.3, 0.4) is 0 Å².